The molecule has 0 bridgehead atoms. The minimum atomic E-state index is 0. The fourth-order valence-corrected chi connectivity index (χ4v) is 1.000. The van der Waals surface area contributed by atoms with Crippen LogP contribution in [0.5, 0.6) is 0 Å². The van der Waals surface area contributed by atoms with Gasteiger partial charge in [-0.3, -0.25) is 0 Å². The maximum absolute atomic E-state index is 2.23. The summed E-state index contributed by atoms with van der Waals surface area (Å²) in [5.41, 5.74) is 0. The molecule has 0 unspecified atom stereocenters. The van der Waals surface area contributed by atoms with Crippen LogP contribution in [0.4, 0.5) is 0 Å². The van der Waals surface area contributed by atoms with Crippen LogP contribution in [0, 0.1) is 0 Å². The van der Waals surface area contributed by atoms with Crippen molar-refractivity contribution in [3.05, 3.63) is 0 Å². The third-order valence-corrected chi connectivity index (χ3v) is 1.91. The zero-order valence-corrected chi connectivity index (χ0v) is 9.66. The second-order valence-electron chi connectivity index (χ2n) is 3.41. The van der Waals surface area contributed by atoms with E-state index in [0.29, 0.717) is 0 Å². The third kappa shape index (κ3) is 451. The first-order valence-electron chi connectivity index (χ1n) is 5.83. The molecule has 0 saturated carbocycles. The second-order valence-corrected chi connectivity index (χ2v) is 3.41. The molecule has 0 N–H and O–H groups in total. The molecule has 0 aliphatic rings. The summed E-state index contributed by atoms with van der Waals surface area (Å²) in [6.07, 6.45) is 11.1. The van der Waals surface area contributed by atoms with Gasteiger partial charge in [-0.1, -0.05) is 198 Å². The molecular formula is C28H92. The van der Waals surface area contributed by atoms with Crippen molar-refractivity contribution in [1.29, 1.82) is 0 Å². The van der Waals surface area contributed by atoms with Gasteiger partial charge >= 0.3 is 0 Å². The number of hydrogen-bond donors (Lipinski definition) is 0. The Kier molecular flexibility index (Phi) is 2080. The van der Waals surface area contributed by atoms with Gasteiger partial charge in [-0.05, 0) is 0 Å². The molecule has 0 spiro atoms. The average molecular weight is 429 g/mol. The number of hydrogen-bond acceptors (Lipinski definition) is 0. The Morgan fingerprint density at radius 3 is 0.321 bits per heavy atom. The van der Waals surface area contributed by atoms with Crippen LogP contribution in [0.25, 0.3) is 0 Å². The van der Waals surface area contributed by atoms with E-state index < -0.39 is 0 Å². The van der Waals surface area contributed by atoms with Gasteiger partial charge in [-0.25, -0.2) is 0 Å². The lowest BCUT2D eigenvalue weighted by Crippen LogP contribution is -1.66. The highest BCUT2D eigenvalue weighted by molar-refractivity contribution is 4.31. The van der Waals surface area contributed by atoms with Crippen LogP contribution in [-0.4, -0.2) is 0 Å². The lowest BCUT2D eigenvalue weighted by molar-refractivity contribution is 0.702. The monoisotopic (exact) mass is 429 g/mol. The van der Waals surface area contributed by atoms with Gasteiger partial charge in [0.05, 0.1) is 0 Å². The lowest BCUT2D eigenvalue weighted by atomic mass is 10.2. The first kappa shape index (κ1) is 204. The molecule has 0 aromatic heterocycles. The van der Waals surface area contributed by atoms with E-state index in [2.05, 4.69) is 27.7 Å². The molecule has 28 heavy (non-hydrogen) atoms. The van der Waals surface area contributed by atoms with Gasteiger partial charge < -0.3 is 0 Å². The molecule has 0 rings (SSSR count). The topological polar surface area (TPSA) is 0 Å². The Labute approximate surface area is 198 Å². The van der Waals surface area contributed by atoms with Crippen molar-refractivity contribution < 1.29 is 0 Å². The van der Waals surface area contributed by atoms with Crippen LogP contribution < -0.4 is 0 Å². The maximum Gasteiger partial charge on any atom is -0.0536 e. The molecule has 0 saturated heterocycles. The van der Waals surface area contributed by atoms with Crippen LogP contribution in [-0.2, 0) is 0 Å². The molecule has 0 atom stereocenters. The van der Waals surface area contributed by atoms with Crippen molar-refractivity contribution in [3.8, 4) is 0 Å². The molecule has 0 nitrogen and oxygen atoms in total. The van der Waals surface area contributed by atoms with Gasteiger partial charge in [0.1, 0.15) is 0 Å². The molecular weight excluding hydrogens is 336 g/mol. The predicted octanol–water partition coefficient (Wildman–Crippen LogP) is 15.4. The predicted molar refractivity (Wildman–Crippen MR) is 167 cm³/mol. The van der Waals surface area contributed by atoms with Gasteiger partial charge in [0.25, 0.3) is 0 Å². The maximum atomic E-state index is 2.23. The quantitative estimate of drug-likeness (QED) is 0.369. The first-order chi connectivity index (χ1) is 5.83. The smallest absolute Gasteiger partial charge is 0.0536 e. The molecule has 0 aliphatic carbocycles. The van der Waals surface area contributed by atoms with E-state index in [9.17, 15) is 0 Å². The standard InChI is InChI=1S/2C6H14.16CH4/c2*1-3-5-6-4-2;;;;;;;;;;;;;;;;/h2*3-6H2,1-2H3;16*1H4. The third-order valence-electron chi connectivity index (χ3n) is 1.91. The van der Waals surface area contributed by atoms with E-state index in [-0.39, 0.29) is 119 Å². The normalized spacial score (nSPS) is 3.86. The van der Waals surface area contributed by atoms with Gasteiger partial charge in [0.15, 0.2) is 0 Å². The van der Waals surface area contributed by atoms with Crippen molar-refractivity contribution in [2.24, 2.45) is 0 Å². The number of rotatable bonds is 6. The highest BCUT2D eigenvalue weighted by Gasteiger charge is 1.75. The SMILES string of the molecule is C.C.C.C.C.C.C.C.C.C.C.C.C.C.C.C.CCCCCC.CCCCCC. The minimum Gasteiger partial charge on any atom is -0.0776 e. The summed E-state index contributed by atoms with van der Waals surface area (Å²) in [6, 6.07) is 0. The minimum absolute atomic E-state index is 0. The summed E-state index contributed by atoms with van der Waals surface area (Å²) in [4.78, 5) is 0. The van der Waals surface area contributed by atoms with Crippen LogP contribution in [0.3, 0.4) is 0 Å². The van der Waals surface area contributed by atoms with Crippen LogP contribution >= 0.6 is 0 Å². The van der Waals surface area contributed by atoms with E-state index >= 15 is 0 Å². The zero-order chi connectivity index (χ0) is 9.66. The molecule has 204 valence electrons. The average Bonchev–Trinajstić information content (AvgIpc) is 2.12. The fraction of sp³-hybridized carbons (Fsp3) is 1.00. The Hall–Kier alpha value is 0. The largest absolute Gasteiger partial charge is 0.0776 e. The summed E-state index contributed by atoms with van der Waals surface area (Å²) in [5, 5.41) is 0. The molecule has 0 amide bonds. The summed E-state index contributed by atoms with van der Waals surface area (Å²) in [6.45, 7) is 8.93. The van der Waals surface area contributed by atoms with Gasteiger partial charge in [-0.15, -0.1) is 0 Å². The summed E-state index contributed by atoms with van der Waals surface area (Å²) in [5.74, 6) is 0. The van der Waals surface area contributed by atoms with Gasteiger partial charge in [0.2, 0.25) is 0 Å². The van der Waals surface area contributed by atoms with Crippen LogP contribution in [0.2, 0.25) is 0 Å². The van der Waals surface area contributed by atoms with E-state index in [1.807, 2.05) is 0 Å². The van der Waals surface area contributed by atoms with E-state index in [1.165, 1.54) is 51.4 Å². The fourth-order valence-electron chi connectivity index (χ4n) is 1.000. The lowest BCUT2D eigenvalue weighted by Gasteiger charge is -1.86. The highest BCUT2D eigenvalue weighted by atomic mass is 13.8. The molecule has 0 heterocycles. The molecule has 0 fully saturated rings. The molecule has 0 aliphatic heterocycles. The van der Waals surface area contributed by atoms with Crippen molar-refractivity contribution in [2.75, 3.05) is 0 Å². The summed E-state index contributed by atoms with van der Waals surface area (Å²) in [7, 11) is 0. The number of unbranched alkanes of at least 4 members (excludes halogenated alkanes) is 6. The van der Waals surface area contributed by atoms with Crippen molar-refractivity contribution in [1.82, 2.24) is 0 Å². The molecule has 0 aromatic carbocycles. The zero-order valence-electron chi connectivity index (χ0n) is 9.66. The molecule has 0 radical (unpaired) electrons. The van der Waals surface area contributed by atoms with E-state index in [4.69, 9.17) is 0 Å². The van der Waals surface area contributed by atoms with Gasteiger partial charge in [0, 0.05) is 0 Å². The first-order valence-corrected chi connectivity index (χ1v) is 5.83. The molecule has 0 heteroatoms. The Morgan fingerprint density at radius 1 is 0.214 bits per heavy atom. The highest BCUT2D eigenvalue weighted by Crippen LogP contribution is 1.95. The summed E-state index contributed by atoms with van der Waals surface area (Å²) < 4.78 is 0. The van der Waals surface area contributed by atoms with Crippen LogP contribution in [0.1, 0.15) is 198 Å². The Balaban J connectivity index is -0.00000000284. The Morgan fingerprint density at radius 2 is 0.286 bits per heavy atom. The Bertz CT molecular complexity index is 32.0. The van der Waals surface area contributed by atoms with Crippen molar-refractivity contribution in [2.45, 2.75) is 198 Å². The van der Waals surface area contributed by atoms with Crippen molar-refractivity contribution >= 4 is 0 Å². The van der Waals surface area contributed by atoms with Crippen LogP contribution in [0.15, 0.2) is 0 Å². The van der Waals surface area contributed by atoms with E-state index in [0.717, 1.165) is 0 Å². The van der Waals surface area contributed by atoms with E-state index in [1.54, 1.807) is 0 Å². The van der Waals surface area contributed by atoms with Gasteiger partial charge in [-0.2, -0.15) is 0 Å². The molecule has 0 aromatic rings. The summed E-state index contributed by atoms with van der Waals surface area (Å²) >= 11 is 0. The van der Waals surface area contributed by atoms with Crippen molar-refractivity contribution in [3.63, 3.8) is 0 Å². The second kappa shape index (κ2) is 285.